The molecule has 2 rings (SSSR count). The van der Waals surface area contributed by atoms with E-state index in [-0.39, 0.29) is 10.0 Å². The number of hydrogen-bond acceptors (Lipinski definition) is 3. The Balaban J connectivity index is 2.32. The molecular formula is C13H10BrFN2O3. The van der Waals surface area contributed by atoms with Crippen LogP contribution in [0.3, 0.4) is 0 Å². The number of aromatic nitrogens is 1. The molecule has 2 aromatic rings. The van der Waals surface area contributed by atoms with E-state index in [0.29, 0.717) is 11.3 Å². The number of halogens is 2. The molecule has 0 saturated heterocycles. The fourth-order valence-corrected chi connectivity index (χ4v) is 1.98. The van der Waals surface area contributed by atoms with E-state index in [2.05, 4.69) is 26.2 Å². The van der Waals surface area contributed by atoms with E-state index in [1.165, 1.54) is 12.1 Å². The van der Waals surface area contributed by atoms with Gasteiger partial charge in [-0.05, 0) is 40.5 Å². The maximum atomic E-state index is 13.3. The van der Waals surface area contributed by atoms with Gasteiger partial charge in [0.2, 0.25) is 0 Å². The highest BCUT2D eigenvalue weighted by molar-refractivity contribution is 9.10. The zero-order chi connectivity index (χ0) is 14.9. The molecule has 0 unspecified atom stereocenters. The molecule has 1 heterocycles. The van der Waals surface area contributed by atoms with E-state index >= 15 is 0 Å². The van der Waals surface area contributed by atoms with Crippen molar-refractivity contribution >= 4 is 27.5 Å². The Morgan fingerprint density at radius 3 is 2.70 bits per heavy atom. The fourth-order valence-electron chi connectivity index (χ4n) is 1.64. The first kappa shape index (κ1) is 14.3. The van der Waals surface area contributed by atoms with Crippen molar-refractivity contribution in [2.75, 3.05) is 5.32 Å². The summed E-state index contributed by atoms with van der Waals surface area (Å²) in [4.78, 5) is 25.3. The van der Waals surface area contributed by atoms with Crippen LogP contribution in [0.4, 0.5) is 10.1 Å². The zero-order valence-electron chi connectivity index (χ0n) is 10.3. The van der Waals surface area contributed by atoms with Crippen LogP contribution in [0.2, 0.25) is 0 Å². The molecule has 1 amide bonds. The van der Waals surface area contributed by atoms with E-state index in [9.17, 15) is 19.1 Å². The average Bonchev–Trinajstić information content (AvgIpc) is 2.34. The molecule has 0 aliphatic heterocycles. The lowest BCUT2D eigenvalue weighted by Gasteiger charge is -2.09. The van der Waals surface area contributed by atoms with Crippen LogP contribution < -0.4 is 10.9 Å². The zero-order valence-corrected chi connectivity index (χ0v) is 11.9. The second kappa shape index (κ2) is 5.46. The number of aryl methyl sites for hydroxylation is 1. The standard InChI is InChI=1S/C13H10BrFN2O3/c1-6-2-9(15)8(14)5-10(6)16-13(20)7-3-11(18)17-12(19)4-7/h2-5H,1H3,(H,16,20)(H2,17,18,19). The van der Waals surface area contributed by atoms with Gasteiger partial charge in [-0.15, -0.1) is 0 Å². The summed E-state index contributed by atoms with van der Waals surface area (Å²) in [5.41, 5.74) is 0.356. The Hall–Kier alpha value is -2.15. The molecule has 1 aromatic heterocycles. The first-order chi connectivity index (χ1) is 9.36. The predicted molar refractivity (Wildman–Crippen MR) is 75.5 cm³/mol. The molecule has 7 heteroatoms. The normalized spacial score (nSPS) is 10.3. The summed E-state index contributed by atoms with van der Waals surface area (Å²) in [6, 6.07) is 4.89. The third-order valence-electron chi connectivity index (χ3n) is 2.61. The molecule has 1 aromatic carbocycles. The number of carbonyl (C=O) groups is 1. The van der Waals surface area contributed by atoms with Crippen molar-refractivity contribution in [3.63, 3.8) is 0 Å². The minimum absolute atomic E-state index is 0.00565. The number of nitrogens with one attached hydrogen (secondary N) is 2. The van der Waals surface area contributed by atoms with Crippen molar-refractivity contribution in [3.05, 3.63) is 56.0 Å². The first-order valence-corrected chi connectivity index (χ1v) is 6.36. The van der Waals surface area contributed by atoms with Crippen LogP contribution in [0.1, 0.15) is 15.9 Å². The van der Waals surface area contributed by atoms with Crippen LogP contribution in [0.15, 0.2) is 33.5 Å². The minimum atomic E-state index is -0.591. The van der Waals surface area contributed by atoms with Crippen molar-refractivity contribution in [1.82, 2.24) is 4.98 Å². The number of amides is 1. The minimum Gasteiger partial charge on any atom is -0.494 e. The molecule has 20 heavy (non-hydrogen) atoms. The molecule has 5 nitrogen and oxygen atoms in total. The van der Waals surface area contributed by atoms with E-state index in [4.69, 9.17) is 0 Å². The lowest BCUT2D eigenvalue weighted by atomic mass is 10.1. The van der Waals surface area contributed by atoms with Crippen LogP contribution >= 0.6 is 15.9 Å². The monoisotopic (exact) mass is 340 g/mol. The van der Waals surface area contributed by atoms with Gasteiger partial charge in [0.05, 0.1) is 10.0 Å². The van der Waals surface area contributed by atoms with Gasteiger partial charge in [-0.2, -0.15) is 0 Å². The Labute approximate surface area is 121 Å². The number of rotatable bonds is 2. The number of aromatic amines is 1. The molecule has 104 valence electrons. The van der Waals surface area contributed by atoms with Gasteiger partial charge in [0, 0.05) is 17.8 Å². The van der Waals surface area contributed by atoms with E-state index in [1.54, 1.807) is 6.92 Å². The molecule has 0 atom stereocenters. The highest BCUT2D eigenvalue weighted by atomic mass is 79.9. The van der Waals surface area contributed by atoms with Gasteiger partial charge in [0.25, 0.3) is 11.5 Å². The summed E-state index contributed by atoms with van der Waals surface area (Å²) in [6.07, 6.45) is 0. The molecule has 0 bridgehead atoms. The third kappa shape index (κ3) is 3.05. The second-order valence-corrected chi connectivity index (χ2v) is 5.01. The van der Waals surface area contributed by atoms with Crippen molar-refractivity contribution in [3.8, 4) is 5.88 Å². The Bertz CT molecular complexity index is 743. The predicted octanol–water partition coefficient (Wildman–Crippen LogP) is 2.54. The number of anilines is 1. The third-order valence-corrected chi connectivity index (χ3v) is 3.22. The smallest absolute Gasteiger partial charge is 0.256 e. The van der Waals surface area contributed by atoms with Crippen molar-refractivity contribution < 1.29 is 14.3 Å². The number of benzene rings is 1. The maximum Gasteiger partial charge on any atom is 0.256 e. The summed E-state index contributed by atoms with van der Waals surface area (Å²) in [5.74, 6) is -1.41. The van der Waals surface area contributed by atoms with E-state index in [1.807, 2.05) is 0 Å². The summed E-state index contributed by atoms with van der Waals surface area (Å²) in [5, 5.41) is 11.8. The molecular weight excluding hydrogens is 331 g/mol. The lowest BCUT2D eigenvalue weighted by molar-refractivity contribution is 0.102. The number of pyridine rings is 1. The summed E-state index contributed by atoms with van der Waals surface area (Å²) in [6.45, 7) is 1.64. The van der Waals surface area contributed by atoms with Gasteiger partial charge in [-0.3, -0.25) is 14.6 Å². The highest BCUT2D eigenvalue weighted by Gasteiger charge is 2.12. The molecule has 0 spiro atoms. The Morgan fingerprint density at radius 1 is 1.35 bits per heavy atom. The largest absolute Gasteiger partial charge is 0.494 e. The Morgan fingerprint density at radius 2 is 2.05 bits per heavy atom. The second-order valence-electron chi connectivity index (χ2n) is 4.15. The summed E-state index contributed by atoms with van der Waals surface area (Å²) < 4.78 is 13.5. The lowest BCUT2D eigenvalue weighted by Crippen LogP contribution is -2.16. The molecule has 0 aliphatic rings. The summed E-state index contributed by atoms with van der Waals surface area (Å²) in [7, 11) is 0. The van der Waals surface area contributed by atoms with Gasteiger partial charge in [0.15, 0.2) is 5.88 Å². The average molecular weight is 341 g/mol. The van der Waals surface area contributed by atoms with Crippen molar-refractivity contribution in [2.45, 2.75) is 6.92 Å². The number of carbonyl (C=O) groups excluding carboxylic acids is 1. The van der Waals surface area contributed by atoms with Gasteiger partial charge >= 0.3 is 0 Å². The van der Waals surface area contributed by atoms with E-state index in [0.717, 1.165) is 12.1 Å². The van der Waals surface area contributed by atoms with Crippen LogP contribution in [-0.4, -0.2) is 16.0 Å². The number of H-pyrrole nitrogens is 1. The topological polar surface area (TPSA) is 82.2 Å². The number of hydrogen-bond donors (Lipinski definition) is 3. The number of aromatic hydroxyl groups is 1. The molecule has 0 fully saturated rings. The maximum absolute atomic E-state index is 13.3. The molecule has 3 N–H and O–H groups in total. The van der Waals surface area contributed by atoms with Crippen LogP contribution in [0, 0.1) is 12.7 Å². The van der Waals surface area contributed by atoms with Crippen LogP contribution in [-0.2, 0) is 0 Å². The van der Waals surface area contributed by atoms with Crippen LogP contribution in [0.25, 0.3) is 0 Å². The van der Waals surface area contributed by atoms with Gasteiger partial charge in [0.1, 0.15) is 5.82 Å². The quantitative estimate of drug-likeness (QED) is 0.785. The molecule has 0 saturated carbocycles. The Kier molecular flexibility index (Phi) is 3.89. The van der Waals surface area contributed by atoms with E-state index < -0.39 is 23.2 Å². The SMILES string of the molecule is Cc1cc(F)c(Br)cc1NC(=O)c1cc(O)[nH]c(=O)c1. The van der Waals surface area contributed by atoms with Gasteiger partial charge in [-0.25, -0.2) is 4.39 Å². The fraction of sp³-hybridized carbons (Fsp3) is 0.0769. The molecule has 0 radical (unpaired) electrons. The first-order valence-electron chi connectivity index (χ1n) is 5.57. The van der Waals surface area contributed by atoms with Crippen LogP contribution in [0.5, 0.6) is 5.88 Å². The molecule has 0 aliphatic carbocycles. The van der Waals surface area contributed by atoms with Gasteiger partial charge < -0.3 is 10.4 Å². The highest BCUT2D eigenvalue weighted by Crippen LogP contribution is 2.24. The summed E-state index contributed by atoms with van der Waals surface area (Å²) >= 11 is 3.03. The van der Waals surface area contributed by atoms with Crippen molar-refractivity contribution in [2.24, 2.45) is 0 Å². The van der Waals surface area contributed by atoms with Gasteiger partial charge in [-0.1, -0.05) is 0 Å². The van der Waals surface area contributed by atoms with Crippen molar-refractivity contribution in [1.29, 1.82) is 0 Å².